The zero-order valence-electron chi connectivity index (χ0n) is 17.4. The quantitative estimate of drug-likeness (QED) is 0.261. The van der Waals surface area contributed by atoms with Crippen LogP contribution in [0.3, 0.4) is 0 Å². The molecule has 3 rings (SSSR count). The molecule has 0 saturated carbocycles. The van der Waals surface area contributed by atoms with Crippen molar-refractivity contribution in [2.75, 3.05) is 19.7 Å². The summed E-state index contributed by atoms with van der Waals surface area (Å²) in [6.45, 7) is 3.78. The summed E-state index contributed by atoms with van der Waals surface area (Å²) in [5.74, 6) is -0.784. The van der Waals surface area contributed by atoms with Gasteiger partial charge in [-0.3, -0.25) is 9.59 Å². The van der Waals surface area contributed by atoms with Crippen molar-refractivity contribution in [2.24, 2.45) is 0 Å². The lowest BCUT2D eigenvalue weighted by atomic mass is 10.2. The topological polar surface area (TPSA) is 167 Å². The van der Waals surface area contributed by atoms with E-state index in [4.69, 9.17) is 9.26 Å². The summed E-state index contributed by atoms with van der Waals surface area (Å²) >= 11 is 0. The van der Waals surface area contributed by atoms with Gasteiger partial charge in [-0.05, 0) is 30.9 Å². The van der Waals surface area contributed by atoms with Crippen LogP contribution in [0.15, 0.2) is 34.9 Å². The average Bonchev–Trinajstić information content (AvgIpc) is 3.38. The monoisotopic (exact) mass is 443 g/mol. The number of aromatic nitrogens is 4. The van der Waals surface area contributed by atoms with Crippen LogP contribution in [0.4, 0.5) is 5.82 Å². The Morgan fingerprint density at radius 3 is 2.59 bits per heavy atom. The van der Waals surface area contributed by atoms with E-state index in [1.807, 2.05) is 19.1 Å². The minimum atomic E-state index is -0.614. The molecule has 0 saturated heterocycles. The number of carbonyl (C=O) groups excluding carboxylic acids is 2. The van der Waals surface area contributed by atoms with Gasteiger partial charge in [-0.2, -0.15) is 9.67 Å². The minimum Gasteiger partial charge on any atom is -0.484 e. The largest absolute Gasteiger partial charge is 0.484 e. The Balaban J connectivity index is 1.39. The molecule has 2 heterocycles. The first kappa shape index (κ1) is 22.4. The van der Waals surface area contributed by atoms with E-state index in [1.54, 1.807) is 19.1 Å². The van der Waals surface area contributed by atoms with Crippen molar-refractivity contribution in [1.29, 1.82) is 0 Å². The van der Waals surface area contributed by atoms with Gasteiger partial charge in [0.25, 0.3) is 5.91 Å². The number of aryl methyl sites for hydroxylation is 2. The zero-order valence-corrected chi connectivity index (χ0v) is 17.4. The van der Waals surface area contributed by atoms with E-state index in [0.29, 0.717) is 11.4 Å². The number of nitro groups is 1. The van der Waals surface area contributed by atoms with E-state index >= 15 is 0 Å². The zero-order chi connectivity index (χ0) is 23.1. The standard InChI is InChI=1S/C19H21N7O6/c1-12-3-5-14(6-4-12)31-11-17(27)20-7-8-21-18(28)19-22-15(24-32-19)10-25-13(2)9-16(23-25)26(29)30/h3-6,9H,7-8,10-11H2,1-2H3,(H,20,27)(H,21,28). The molecular formula is C19H21N7O6. The van der Waals surface area contributed by atoms with E-state index < -0.39 is 10.8 Å². The van der Waals surface area contributed by atoms with Crippen LogP contribution in [-0.2, 0) is 11.3 Å². The highest BCUT2D eigenvalue weighted by molar-refractivity contribution is 5.89. The van der Waals surface area contributed by atoms with Crippen molar-refractivity contribution in [3.63, 3.8) is 0 Å². The highest BCUT2D eigenvalue weighted by Crippen LogP contribution is 2.12. The first-order chi connectivity index (χ1) is 15.3. The van der Waals surface area contributed by atoms with Crippen molar-refractivity contribution < 1.29 is 23.8 Å². The number of amides is 2. The van der Waals surface area contributed by atoms with E-state index in [2.05, 4.69) is 25.9 Å². The van der Waals surface area contributed by atoms with Crippen LogP contribution < -0.4 is 15.4 Å². The van der Waals surface area contributed by atoms with Crippen LogP contribution in [0, 0.1) is 24.0 Å². The number of carbonyl (C=O) groups is 2. The van der Waals surface area contributed by atoms with Gasteiger partial charge in [0.2, 0.25) is 0 Å². The van der Waals surface area contributed by atoms with Gasteiger partial charge < -0.3 is 30.0 Å². The van der Waals surface area contributed by atoms with Crippen LogP contribution in [0.1, 0.15) is 27.8 Å². The van der Waals surface area contributed by atoms with Gasteiger partial charge >= 0.3 is 17.6 Å². The Morgan fingerprint density at radius 1 is 1.19 bits per heavy atom. The lowest BCUT2D eigenvalue weighted by Gasteiger charge is -2.08. The molecule has 1 aromatic carbocycles. The number of ether oxygens (including phenoxy) is 1. The number of hydrogen-bond acceptors (Lipinski definition) is 9. The van der Waals surface area contributed by atoms with E-state index in [0.717, 1.165) is 5.56 Å². The number of nitrogens with one attached hydrogen (secondary N) is 2. The van der Waals surface area contributed by atoms with Crippen molar-refractivity contribution in [3.05, 3.63) is 63.4 Å². The van der Waals surface area contributed by atoms with Crippen molar-refractivity contribution in [1.82, 2.24) is 30.6 Å². The second kappa shape index (κ2) is 10.1. The predicted octanol–water partition coefficient (Wildman–Crippen LogP) is 0.764. The fourth-order valence-corrected chi connectivity index (χ4v) is 2.57. The first-order valence-corrected chi connectivity index (χ1v) is 9.57. The fraction of sp³-hybridized carbons (Fsp3) is 0.316. The molecule has 13 nitrogen and oxygen atoms in total. The SMILES string of the molecule is Cc1ccc(OCC(=O)NCCNC(=O)c2nc(Cn3nc([N+](=O)[O-])cc3C)no2)cc1. The molecular weight excluding hydrogens is 422 g/mol. The molecule has 0 aliphatic carbocycles. The second-order valence-electron chi connectivity index (χ2n) is 6.78. The lowest BCUT2D eigenvalue weighted by molar-refractivity contribution is -0.389. The van der Waals surface area contributed by atoms with Gasteiger partial charge in [0.15, 0.2) is 12.4 Å². The van der Waals surface area contributed by atoms with Gasteiger partial charge in [0.1, 0.15) is 12.3 Å². The molecule has 0 bridgehead atoms. The van der Waals surface area contributed by atoms with Crippen molar-refractivity contribution >= 4 is 17.6 Å². The van der Waals surface area contributed by atoms with E-state index in [-0.39, 0.29) is 49.7 Å². The third-order valence-corrected chi connectivity index (χ3v) is 4.23. The summed E-state index contributed by atoms with van der Waals surface area (Å²) in [4.78, 5) is 38.0. The summed E-state index contributed by atoms with van der Waals surface area (Å²) in [6.07, 6.45) is 0. The summed E-state index contributed by atoms with van der Waals surface area (Å²) in [5, 5.41) is 23.4. The van der Waals surface area contributed by atoms with Crippen LogP contribution >= 0.6 is 0 Å². The van der Waals surface area contributed by atoms with Crippen LogP contribution in [-0.4, -0.2) is 56.4 Å². The highest BCUT2D eigenvalue weighted by atomic mass is 16.6. The third kappa shape index (κ3) is 6.10. The Labute approximate surface area is 181 Å². The Bertz CT molecular complexity index is 1110. The third-order valence-electron chi connectivity index (χ3n) is 4.23. The van der Waals surface area contributed by atoms with Crippen LogP contribution in [0.2, 0.25) is 0 Å². The number of benzene rings is 1. The molecule has 2 N–H and O–H groups in total. The summed E-state index contributed by atoms with van der Waals surface area (Å²) in [7, 11) is 0. The number of nitrogens with zero attached hydrogens (tertiary/aromatic N) is 5. The Hall–Kier alpha value is -4.29. The van der Waals surface area contributed by atoms with Gasteiger partial charge in [-0.15, -0.1) is 0 Å². The van der Waals surface area contributed by atoms with Gasteiger partial charge in [-0.25, -0.2) is 0 Å². The van der Waals surface area contributed by atoms with Crippen molar-refractivity contribution in [3.8, 4) is 5.75 Å². The van der Waals surface area contributed by atoms with Crippen LogP contribution in [0.5, 0.6) is 5.75 Å². The molecule has 2 aromatic heterocycles. The molecule has 13 heteroatoms. The molecule has 32 heavy (non-hydrogen) atoms. The Morgan fingerprint density at radius 2 is 1.91 bits per heavy atom. The Kier molecular flexibility index (Phi) is 7.10. The normalized spacial score (nSPS) is 10.6. The molecule has 3 aromatic rings. The molecule has 0 spiro atoms. The van der Waals surface area contributed by atoms with Gasteiger partial charge in [0, 0.05) is 13.1 Å². The van der Waals surface area contributed by atoms with Crippen molar-refractivity contribution in [2.45, 2.75) is 20.4 Å². The molecule has 0 aliphatic heterocycles. The maximum absolute atomic E-state index is 12.1. The molecule has 0 fully saturated rings. The predicted molar refractivity (Wildman–Crippen MR) is 109 cm³/mol. The second-order valence-corrected chi connectivity index (χ2v) is 6.78. The van der Waals surface area contributed by atoms with Crippen LogP contribution in [0.25, 0.3) is 0 Å². The first-order valence-electron chi connectivity index (χ1n) is 9.57. The van der Waals surface area contributed by atoms with E-state index in [1.165, 1.54) is 10.7 Å². The van der Waals surface area contributed by atoms with Gasteiger partial charge in [0.05, 0.1) is 16.9 Å². The number of hydrogen-bond donors (Lipinski definition) is 2. The minimum absolute atomic E-state index is 0.00743. The number of rotatable bonds is 10. The molecule has 0 radical (unpaired) electrons. The summed E-state index contributed by atoms with van der Waals surface area (Å²) in [6, 6.07) is 8.62. The average molecular weight is 443 g/mol. The van der Waals surface area contributed by atoms with E-state index in [9.17, 15) is 19.7 Å². The molecule has 2 amide bonds. The molecule has 0 unspecified atom stereocenters. The smallest absolute Gasteiger partial charge is 0.390 e. The maximum Gasteiger partial charge on any atom is 0.390 e. The highest BCUT2D eigenvalue weighted by Gasteiger charge is 2.19. The summed E-state index contributed by atoms with van der Waals surface area (Å²) in [5.41, 5.74) is 1.63. The lowest BCUT2D eigenvalue weighted by Crippen LogP contribution is -2.36. The fourth-order valence-electron chi connectivity index (χ4n) is 2.57. The molecule has 168 valence electrons. The van der Waals surface area contributed by atoms with Gasteiger partial charge in [-0.1, -0.05) is 22.9 Å². The maximum atomic E-state index is 12.1. The summed E-state index contributed by atoms with van der Waals surface area (Å²) < 4.78 is 11.6. The molecule has 0 aliphatic rings. The molecule has 0 atom stereocenters.